The molecule has 3 aromatic heterocycles. The summed E-state index contributed by atoms with van der Waals surface area (Å²) in [7, 11) is 1.38. The van der Waals surface area contributed by atoms with Gasteiger partial charge in [0, 0.05) is 11.1 Å². The van der Waals surface area contributed by atoms with Gasteiger partial charge < -0.3 is 24.4 Å². The highest BCUT2D eigenvalue weighted by Crippen LogP contribution is 2.34. The van der Waals surface area contributed by atoms with E-state index in [4.69, 9.17) is 14.2 Å². The highest BCUT2D eigenvalue weighted by molar-refractivity contribution is 7.21. The fourth-order valence-electron chi connectivity index (χ4n) is 4.96. The van der Waals surface area contributed by atoms with Crippen LogP contribution in [0.1, 0.15) is 35.8 Å². The molecule has 0 saturated heterocycles. The van der Waals surface area contributed by atoms with Gasteiger partial charge in [-0.1, -0.05) is 41.7 Å². The van der Waals surface area contributed by atoms with Crippen LogP contribution in [0.15, 0.2) is 70.5 Å². The molecule has 0 spiro atoms. The van der Waals surface area contributed by atoms with Gasteiger partial charge in [-0.05, 0) is 37.6 Å². The van der Waals surface area contributed by atoms with Crippen LogP contribution in [0.3, 0.4) is 0 Å². The highest BCUT2D eigenvalue weighted by atomic mass is 32.1. The second-order valence-corrected chi connectivity index (χ2v) is 11.4. The standard InChI is InChI=1S/C31H32FN5O8S/c1-18-26-27(40)36(19(2)30(41)45-16-20-7-5-4-6-8-20)31(42)35(29(26)46-28(18)37-33-11-12-34-37)14-25(44-17-22(39)15-38)23-13-21(32)9-10-24(23)43-3/h4-13,19,22,25,38-39H,14-17H2,1-3H3/t19?,22?,25-/m1/s1. The molecule has 0 radical (unpaired) electrons. The molecule has 5 aromatic rings. The third-order valence-electron chi connectivity index (χ3n) is 7.36. The molecule has 46 heavy (non-hydrogen) atoms. The van der Waals surface area contributed by atoms with Crippen LogP contribution in [0, 0.1) is 12.7 Å². The molecule has 2 N–H and O–H groups in total. The Morgan fingerprint density at radius 2 is 1.83 bits per heavy atom. The molecule has 0 aliphatic heterocycles. The zero-order valence-electron chi connectivity index (χ0n) is 25.2. The number of benzene rings is 2. The summed E-state index contributed by atoms with van der Waals surface area (Å²) < 4.78 is 33.4. The first-order chi connectivity index (χ1) is 22.1. The third-order valence-corrected chi connectivity index (χ3v) is 8.64. The first-order valence-corrected chi connectivity index (χ1v) is 15.1. The fourth-order valence-corrected chi connectivity index (χ4v) is 6.18. The monoisotopic (exact) mass is 653 g/mol. The van der Waals surface area contributed by atoms with E-state index in [1.807, 2.05) is 6.07 Å². The summed E-state index contributed by atoms with van der Waals surface area (Å²) in [6.45, 7) is 1.74. The molecule has 0 amide bonds. The maximum absolute atomic E-state index is 14.5. The minimum Gasteiger partial charge on any atom is -0.496 e. The normalized spacial score (nSPS) is 13.4. The van der Waals surface area contributed by atoms with Crippen LogP contribution in [0.2, 0.25) is 0 Å². The Morgan fingerprint density at radius 1 is 1.11 bits per heavy atom. The average Bonchev–Trinajstić information content (AvgIpc) is 3.71. The number of hydrogen-bond acceptors (Lipinski definition) is 11. The van der Waals surface area contributed by atoms with Crippen LogP contribution in [0.4, 0.5) is 4.39 Å². The lowest BCUT2D eigenvalue weighted by molar-refractivity contribution is -0.148. The molecule has 2 aromatic carbocycles. The van der Waals surface area contributed by atoms with Crippen LogP contribution < -0.4 is 16.0 Å². The van der Waals surface area contributed by atoms with Crippen molar-refractivity contribution in [3.63, 3.8) is 0 Å². The number of aryl methyl sites for hydroxylation is 1. The van der Waals surface area contributed by atoms with Gasteiger partial charge in [0.2, 0.25) is 0 Å². The third kappa shape index (κ3) is 6.62. The van der Waals surface area contributed by atoms with E-state index in [0.717, 1.165) is 21.5 Å². The zero-order valence-corrected chi connectivity index (χ0v) is 26.0. The summed E-state index contributed by atoms with van der Waals surface area (Å²) in [5.74, 6) is -1.17. The Morgan fingerprint density at radius 3 is 2.50 bits per heavy atom. The van der Waals surface area contributed by atoms with Gasteiger partial charge in [-0.2, -0.15) is 10.2 Å². The first kappa shape index (κ1) is 32.7. The van der Waals surface area contributed by atoms with Crippen molar-refractivity contribution in [2.24, 2.45) is 0 Å². The molecular formula is C31H32FN5O8S. The largest absolute Gasteiger partial charge is 0.496 e. The number of rotatable bonds is 13. The molecule has 0 bridgehead atoms. The first-order valence-electron chi connectivity index (χ1n) is 14.2. The maximum Gasteiger partial charge on any atom is 0.333 e. The number of nitrogens with zero attached hydrogens (tertiary/aromatic N) is 5. The topological polar surface area (TPSA) is 160 Å². The Balaban J connectivity index is 1.67. The molecule has 5 rings (SSSR count). The molecule has 0 aliphatic rings. The number of carbonyl (C=O) groups excluding carboxylic acids is 1. The number of thiophene rings is 1. The van der Waals surface area contributed by atoms with Gasteiger partial charge in [0.05, 0.1) is 44.6 Å². The van der Waals surface area contributed by atoms with Gasteiger partial charge in [0.25, 0.3) is 5.56 Å². The Labute approximate surface area is 265 Å². The number of fused-ring (bicyclic) bond motifs is 1. The highest BCUT2D eigenvalue weighted by Gasteiger charge is 2.29. The number of aliphatic hydroxyl groups excluding tert-OH is 2. The van der Waals surface area contributed by atoms with Gasteiger partial charge in [-0.3, -0.25) is 9.36 Å². The van der Waals surface area contributed by atoms with Crippen molar-refractivity contribution in [2.75, 3.05) is 20.3 Å². The molecule has 2 unspecified atom stereocenters. The number of aliphatic hydroxyl groups is 2. The van der Waals surface area contributed by atoms with Gasteiger partial charge >= 0.3 is 11.7 Å². The predicted octanol–water partition coefficient (Wildman–Crippen LogP) is 2.68. The Bertz CT molecular complexity index is 1940. The van der Waals surface area contributed by atoms with Crippen molar-refractivity contribution < 1.29 is 33.6 Å². The summed E-state index contributed by atoms with van der Waals surface area (Å²) in [4.78, 5) is 43.0. The van der Waals surface area contributed by atoms with Gasteiger partial charge in [-0.15, -0.1) is 4.80 Å². The molecule has 0 saturated carbocycles. The quantitative estimate of drug-likeness (QED) is 0.181. The summed E-state index contributed by atoms with van der Waals surface area (Å²) in [5.41, 5.74) is -0.172. The van der Waals surface area contributed by atoms with E-state index in [-0.39, 0.29) is 41.3 Å². The van der Waals surface area contributed by atoms with Crippen molar-refractivity contribution in [1.29, 1.82) is 0 Å². The van der Waals surface area contributed by atoms with Crippen molar-refractivity contribution >= 4 is 27.5 Å². The second-order valence-electron chi connectivity index (χ2n) is 10.4. The number of carbonyl (C=O) groups is 1. The van der Waals surface area contributed by atoms with Crippen molar-refractivity contribution in [3.05, 3.63) is 104 Å². The summed E-state index contributed by atoms with van der Waals surface area (Å²) in [6, 6.07) is 11.4. The molecule has 0 fully saturated rings. The zero-order chi connectivity index (χ0) is 33.0. The van der Waals surface area contributed by atoms with E-state index in [0.29, 0.717) is 10.6 Å². The number of ether oxygens (including phenoxy) is 3. The predicted molar refractivity (Wildman–Crippen MR) is 166 cm³/mol. The van der Waals surface area contributed by atoms with Gasteiger partial charge in [0.1, 0.15) is 46.3 Å². The van der Waals surface area contributed by atoms with Crippen LogP contribution in [-0.4, -0.2) is 66.7 Å². The van der Waals surface area contributed by atoms with Gasteiger partial charge in [-0.25, -0.2) is 18.5 Å². The maximum atomic E-state index is 14.5. The number of halogens is 1. The molecule has 3 atom stereocenters. The average molecular weight is 654 g/mol. The fraction of sp³-hybridized carbons (Fsp3) is 0.323. The molecule has 242 valence electrons. The molecule has 3 heterocycles. The number of esters is 1. The molecular weight excluding hydrogens is 621 g/mol. The van der Waals surface area contributed by atoms with Crippen LogP contribution in [-0.2, 0) is 27.4 Å². The SMILES string of the molecule is COc1ccc(F)cc1[C@@H](Cn1c(=O)n(C(C)C(=O)OCc2ccccc2)c(=O)c2c(C)c(-n3nccn3)sc21)OCC(O)CO. The lowest BCUT2D eigenvalue weighted by Crippen LogP contribution is -2.44. The van der Waals surface area contributed by atoms with Crippen LogP contribution in [0.25, 0.3) is 15.2 Å². The lowest BCUT2D eigenvalue weighted by Gasteiger charge is -2.24. The van der Waals surface area contributed by atoms with E-state index >= 15 is 0 Å². The summed E-state index contributed by atoms with van der Waals surface area (Å²) >= 11 is 1.07. The minimum absolute atomic E-state index is 0.0652. The number of hydrogen-bond donors (Lipinski definition) is 2. The van der Waals surface area contributed by atoms with Crippen molar-refractivity contribution in [2.45, 2.75) is 45.2 Å². The summed E-state index contributed by atoms with van der Waals surface area (Å²) in [6.07, 6.45) is 0.542. The molecule has 13 nitrogen and oxygen atoms in total. The number of methoxy groups -OCH3 is 1. The smallest absolute Gasteiger partial charge is 0.333 e. The van der Waals surface area contributed by atoms with Crippen molar-refractivity contribution in [3.8, 4) is 10.8 Å². The molecule has 0 aliphatic carbocycles. The molecule has 15 heteroatoms. The van der Waals surface area contributed by atoms with E-state index in [9.17, 15) is 29.0 Å². The van der Waals surface area contributed by atoms with Crippen molar-refractivity contribution in [1.82, 2.24) is 24.1 Å². The Kier molecular flexibility index (Phi) is 10.1. The number of aromatic nitrogens is 5. The van der Waals surface area contributed by atoms with E-state index < -0.39 is 47.9 Å². The Hall–Kier alpha value is -4.70. The van der Waals surface area contributed by atoms with E-state index in [2.05, 4.69) is 10.2 Å². The summed E-state index contributed by atoms with van der Waals surface area (Å²) in [5, 5.41) is 28.4. The van der Waals surface area contributed by atoms with Gasteiger partial charge in [0.15, 0.2) is 0 Å². The lowest BCUT2D eigenvalue weighted by atomic mass is 10.1. The van der Waals surface area contributed by atoms with Crippen LogP contribution >= 0.6 is 11.3 Å². The minimum atomic E-state index is -1.33. The van der Waals surface area contributed by atoms with E-state index in [1.54, 1.807) is 31.2 Å². The van der Waals surface area contributed by atoms with E-state index in [1.165, 1.54) is 54.0 Å². The second kappa shape index (κ2) is 14.2. The van der Waals surface area contributed by atoms with Crippen LogP contribution in [0.5, 0.6) is 5.75 Å².